The van der Waals surface area contributed by atoms with Crippen molar-refractivity contribution in [3.05, 3.63) is 80.9 Å². The molecule has 1 aliphatic rings. The minimum absolute atomic E-state index is 0.0463. The zero-order chi connectivity index (χ0) is 24.1. The summed E-state index contributed by atoms with van der Waals surface area (Å²) < 4.78 is 0. The SMILES string of the molecule is Cc1ccc(C)c(C(O)=C2C(=O)C(=O)N(c3nnc(C)s3)C2c2ccc(C(C)(C)C)cc2)c1. The van der Waals surface area contributed by atoms with Crippen LogP contribution < -0.4 is 4.90 Å². The number of aryl methyl sites for hydroxylation is 3. The fraction of sp³-hybridized carbons (Fsp3) is 0.308. The molecule has 1 unspecified atom stereocenters. The smallest absolute Gasteiger partial charge is 0.301 e. The van der Waals surface area contributed by atoms with Crippen LogP contribution in [0.5, 0.6) is 0 Å². The first kappa shape index (κ1) is 22.9. The van der Waals surface area contributed by atoms with Crippen LogP contribution in [0.1, 0.15) is 59.6 Å². The third-order valence-corrected chi connectivity index (χ3v) is 6.74. The highest BCUT2D eigenvalue weighted by Crippen LogP contribution is 2.43. The highest BCUT2D eigenvalue weighted by atomic mass is 32.1. The summed E-state index contributed by atoms with van der Waals surface area (Å²) in [5.41, 5.74) is 4.17. The summed E-state index contributed by atoms with van der Waals surface area (Å²) in [5.74, 6) is -1.63. The first-order valence-electron chi connectivity index (χ1n) is 10.8. The van der Waals surface area contributed by atoms with Crippen molar-refractivity contribution in [3.8, 4) is 0 Å². The van der Waals surface area contributed by atoms with Gasteiger partial charge in [0.05, 0.1) is 11.6 Å². The Hall–Kier alpha value is -3.32. The minimum Gasteiger partial charge on any atom is -0.507 e. The number of amides is 1. The third-order valence-electron chi connectivity index (χ3n) is 5.91. The quantitative estimate of drug-likeness (QED) is 0.321. The number of aromatic nitrogens is 2. The molecule has 170 valence electrons. The molecule has 4 rings (SSSR count). The summed E-state index contributed by atoms with van der Waals surface area (Å²) in [6, 6.07) is 12.7. The molecule has 1 aliphatic heterocycles. The molecule has 1 fully saturated rings. The molecule has 1 aromatic heterocycles. The van der Waals surface area contributed by atoms with E-state index in [2.05, 4.69) is 31.0 Å². The first-order valence-corrected chi connectivity index (χ1v) is 11.6. The van der Waals surface area contributed by atoms with Crippen molar-refractivity contribution in [3.63, 3.8) is 0 Å². The van der Waals surface area contributed by atoms with Crippen molar-refractivity contribution in [2.24, 2.45) is 0 Å². The Morgan fingerprint density at radius 2 is 1.67 bits per heavy atom. The van der Waals surface area contributed by atoms with Gasteiger partial charge in [-0.3, -0.25) is 14.5 Å². The van der Waals surface area contributed by atoms with Crippen molar-refractivity contribution in [2.75, 3.05) is 4.90 Å². The van der Waals surface area contributed by atoms with E-state index in [4.69, 9.17) is 0 Å². The molecule has 3 aromatic rings. The van der Waals surface area contributed by atoms with Crippen LogP contribution in [0.4, 0.5) is 5.13 Å². The third kappa shape index (κ3) is 4.09. The largest absolute Gasteiger partial charge is 0.507 e. The number of carbonyl (C=O) groups is 2. The van der Waals surface area contributed by atoms with E-state index in [1.54, 1.807) is 6.92 Å². The van der Waals surface area contributed by atoms with Crippen molar-refractivity contribution in [2.45, 2.75) is 53.0 Å². The lowest BCUT2D eigenvalue weighted by Gasteiger charge is -2.24. The average molecular weight is 462 g/mol. The first-order chi connectivity index (χ1) is 15.5. The second-order valence-corrected chi connectivity index (χ2v) is 10.6. The summed E-state index contributed by atoms with van der Waals surface area (Å²) in [4.78, 5) is 27.8. The van der Waals surface area contributed by atoms with Gasteiger partial charge >= 0.3 is 5.91 Å². The van der Waals surface area contributed by atoms with Crippen LogP contribution in [0.25, 0.3) is 5.76 Å². The number of hydrogen-bond acceptors (Lipinski definition) is 6. The molecule has 0 aliphatic carbocycles. The lowest BCUT2D eigenvalue weighted by molar-refractivity contribution is -0.132. The maximum atomic E-state index is 13.3. The fourth-order valence-electron chi connectivity index (χ4n) is 4.03. The topological polar surface area (TPSA) is 83.4 Å². The van der Waals surface area contributed by atoms with Gasteiger partial charge < -0.3 is 5.11 Å². The molecule has 0 bridgehead atoms. The van der Waals surface area contributed by atoms with Gasteiger partial charge in [0.1, 0.15) is 10.8 Å². The van der Waals surface area contributed by atoms with E-state index in [1.165, 1.54) is 16.2 Å². The Labute approximate surface area is 197 Å². The Bertz CT molecular complexity index is 1280. The summed E-state index contributed by atoms with van der Waals surface area (Å²) in [7, 11) is 0. The fourth-order valence-corrected chi connectivity index (χ4v) is 4.74. The van der Waals surface area contributed by atoms with E-state index in [-0.39, 0.29) is 16.7 Å². The van der Waals surface area contributed by atoms with Crippen LogP contribution in [0.3, 0.4) is 0 Å². The molecule has 6 nitrogen and oxygen atoms in total. The summed E-state index contributed by atoms with van der Waals surface area (Å²) in [5, 5.41) is 20.5. The summed E-state index contributed by atoms with van der Waals surface area (Å²) in [6.07, 6.45) is 0. The molecule has 7 heteroatoms. The highest BCUT2D eigenvalue weighted by molar-refractivity contribution is 7.15. The van der Waals surface area contributed by atoms with Crippen LogP contribution in [-0.4, -0.2) is 27.0 Å². The van der Waals surface area contributed by atoms with E-state index in [9.17, 15) is 14.7 Å². The predicted octanol–water partition coefficient (Wildman–Crippen LogP) is 5.39. The molecule has 1 atom stereocenters. The molecule has 1 N–H and O–H groups in total. The Morgan fingerprint density at radius 3 is 2.24 bits per heavy atom. The lowest BCUT2D eigenvalue weighted by Crippen LogP contribution is -2.29. The lowest BCUT2D eigenvalue weighted by atomic mass is 9.85. The molecule has 2 aromatic carbocycles. The van der Waals surface area contributed by atoms with Gasteiger partial charge in [0.25, 0.3) is 5.78 Å². The number of ketones is 1. The van der Waals surface area contributed by atoms with Gasteiger partial charge in [-0.15, -0.1) is 10.2 Å². The van der Waals surface area contributed by atoms with E-state index in [1.807, 2.05) is 56.3 Å². The standard InChI is InChI=1S/C26H27N3O3S/c1-14-7-8-15(2)19(13-14)22(30)20-21(17-9-11-18(12-10-17)26(4,5)6)29(24(32)23(20)31)25-28-27-16(3)33-25/h7-13,21,30H,1-6H3. The molecule has 33 heavy (non-hydrogen) atoms. The Morgan fingerprint density at radius 1 is 1.00 bits per heavy atom. The molecule has 2 heterocycles. The van der Waals surface area contributed by atoms with Crippen LogP contribution in [0, 0.1) is 20.8 Å². The van der Waals surface area contributed by atoms with E-state index in [0.717, 1.165) is 22.3 Å². The number of hydrogen-bond donors (Lipinski definition) is 1. The number of aliphatic hydroxyl groups is 1. The molecular weight excluding hydrogens is 434 g/mol. The van der Waals surface area contributed by atoms with Gasteiger partial charge in [-0.25, -0.2) is 0 Å². The van der Waals surface area contributed by atoms with Crippen molar-refractivity contribution >= 4 is 33.9 Å². The van der Waals surface area contributed by atoms with Crippen LogP contribution in [0.2, 0.25) is 0 Å². The molecule has 1 saturated heterocycles. The van der Waals surface area contributed by atoms with Gasteiger partial charge in [0, 0.05) is 5.56 Å². The number of benzene rings is 2. The van der Waals surface area contributed by atoms with Crippen LogP contribution >= 0.6 is 11.3 Å². The van der Waals surface area contributed by atoms with Gasteiger partial charge in [-0.2, -0.15) is 0 Å². The monoisotopic (exact) mass is 461 g/mol. The molecular formula is C26H27N3O3S. The highest BCUT2D eigenvalue weighted by Gasteiger charge is 2.48. The number of rotatable bonds is 3. The van der Waals surface area contributed by atoms with E-state index < -0.39 is 17.7 Å². The minimum atomic E-state index is -0.800. The second kappa shape index (κ2) is 8.23. The summed E-state index contributed by atoms with van der Waals surface area (Å²) >= 11 is 1.24. The van der Waals surface area contributed by atoms with Gasteiger partial charge in [0.2, 0.25) is 5.13 Å². The van der Waals surface area contributed by atoms with E-state index >= 15 is 0 Å². The van der Waals surface area contributed by atoms with Crippen LogP contribution in [-0.2, 0) is 15.0 Å². The number of carbonyl (C=O) groups excluding carboxylic acids is 2. The van der Waals surface area contributed by atoms with Gasteiger partial charge in [-0.1, -0.05) is 74.1 Å². The van der Waals surface area contributed by atoms with Crippen molar-refractivity contribution < 1.29 is 14.7 Å². The number of anilines is 1. The van der Waals surface area contributed by atoms with Crippen molar-refractivity contribution in [1.29, 1.82) is 0 Å². The zero-order valence-electron chi connectivity index (χ0n) is 19.6. The maximum Gasteiger partial charge on any atom is 0.301 e. The average Bonchev–Trinajstić information content (AvgIpc) is 3.29. The number of Topliss-reactive ketones (excluding diaryl/α,β-unsaturated/α-hetero) is 1. The van der Waals surface area contributed by atoms with Gasteiger partial charge in [0.15, 0.2) is 0 Å². The number of aliphatic hydroxyl groups excluding tert-OH is 1. The van der Waals surface area contributed by atoms with Crippen molar-refractivity contribution in [1.82, 2.24) is 10.2 Å². The summed E-state index contributed by atoms with van der Waals surface area (Å²) in [6.45, 7) is 11.9. The number of nitrogens with zero attached hydrogens (tertiary/aromatic N) is 3. The Balaban J connectivity index is 1.95. The molecule has 0 radical (unpaired) electrons. The predicted molar refractivity (Wildman–Crippen MR) is 130 cm³/mol. The zero-order valence-corrected chi connectivity index (χ0v) is 20.4. The van der Waals surface area contributed by atoms with E-state index in [0.29, 0.717) is 15.7 Å². The molecule has 0 spiro atoms. The van der Waals surface area contributed by atoms with Crippen LogP contribution in [0.15, 0.2) is 48.0 Å². The van der Waals surface area contributed by atoms with Gasteiger partial charge in [-0.05, 0) is 48.9 Å². The molecule has 0 saturated carbocycles. The Kier molecular flexibility index (Phi) is 5.70. The molecule has 1 amide bonds. The normalized spacial score (nSPS) is 18.2. The second-order valence-electron chi connectivity index (χ2n) is 9.46. The maximum absolute atomic E-state index is 13.3.